The minimum atomic E-state index is 0.539. The maximum Gasteiger partial charge on any atom is 0.00441 e. The van der Waals surface area contributed by atoms with E-state index in [9.17, 15) is 0 Å². The van der Waals surface area contributed by atoms with Gasteiger partial charge in [-0.05, 0) is 24.7 Å². The van der Waals surface area contributed by atoms with Crippen molar-refractivity contribution in [2.75, 3.05) is 0 Å². The zero-order valence-electron chi connectivity index (χ0n) is 9.14. The van der Waals surface area contributed by atoms with Crippen LogP contribution >= 0.6 is 0 Å². The van der Waals surface area contributed by atoms with E-state index in [0.29, 0.717) is 6.04 Å². The summed E-state index contributed by atoms with van der Waals surface area (Å²) in [6.45, 7) is 8.58. The van der Waals surface area contributed by atoms with Crippen molar-refractivity contribution in [2.24, 2.45) is 17.6 Å². The van der Waals surface area contributed by atoms with Crippen LogP contribution in [0, 0.1) is 11.8 Å². The smallest absolute Gasteiger partial charge is 0.00441 e. The van der Waals surface area contributed by atoms with E-state index in [2.05, 4.69) is 13.8 Å². The van der Waals surface area contributed by atoms with Crippen molar-refractivity contribution < 1.29 is 0 Å². The minimum Gasteiger partial charge on any atom is -0.328 e. The van der Waals surface area contributed by atoms with Crippen LogP contribution in [0.5, 0.6) is 0 Å². The number of rotatable bonds is 3. The Morgan fingerprint density at radius 3 is 2.08 bits per heavy atom. The topological polar surface area (TPSA) is 26.0 Å². The van der Waals surface area contributed by atoms with Crippen molar-refractivity contribution in [3.05, 3.63) is 0 Å². The lowest BCUT2D eigenvalue weighted by Crippen LogP contribution is -2.36. The molecule has 0 amide bonds. The van der Waals surface area contributed by atoms with E-state index < -0.39 is 0 Å². The van der Waals surface area contributed by atoms with Gasteiger partial charge < -0.3 is 5.73 Å². The second-order valence-corrected chi connectivity index (χ2v) is 4.07. The van der Waals surface area contributed by atoms with Gasteiger partial charge in [0.1, 0.15) is 0 Å². The Kier molecular flexibility index (Phi) is 6.45. The first-order chi connectivity index (χ1) is 5.68. The third kappa shape index (κ3) is 4.76. The summed E-state index contributed by atoms with van der Waals surface area (Å²) in [6.07, 6.45) is 5.36. The lowest BCUT2D eigenvalue weighted by Gasteiger charge is -2.32. The summed E-state index contributed by atoms with van der Waals surface area (Å²) < 4.78 is 0. The predicted molar refractivity (Wildman–Crippen MR) is 56.1 cm³/mol. The van der Waals surface area contributed by atoms with Crippen LogP contribution < -0.4 is 5.73 Å². The first-order valence-corrected chi connectivity index (χ1v) is 5.44. The Labute approximate surface area is 77.7 Å². The van der Waals surface area contributed by atoms with E-state index in [-0.39, 0.29) is 0 Å². The van der Waals surface area contributed by atoms with Crippen LogP contribution in [0.2, 0.25) is 0 Å². The molecule has 0 bridgehead atoms. The van der Waals surface area contributed by atoms with Crippen LogP contribution in [0.25, 0.3) is 0 Å². The molecule has 0 radical (unpaired) electrons. The van der Waals surface area contributed by atoms with Gasteiger partial charge in [-0.15, -0.1) is 0 Å². The Morgan fingerprint density at radius 2 is 1.75 bits per heavy atom. The summed E-state index contributed by atoms with van der Waals surface area (Å²) in [5.74, 6) is 1.84. The molecule has 12 heavy (non-hydrogen) atoms. The summed E-state index contributed by atoms with van der Waals surface area (Å²) >= 11 is 0. The minimum absolute atomic E-state index is 0.539. The first-order valence-electron chi connectivity index (χ1n) is 5.44. The maximum absolute atomic E-state index is 5.68. The Balaban J connectivity index is 0.000000561. The molecule has 0 aromatic heterocycles. The number of hydrogen-bond donors (Lipinski definition) is 1. The van der Waals surface area contributed by atoms with Gasteiger partial charge in [0.15, 0.2) is 0 Å². The van der Waals surface area contributed by atoms with E-state index in [1.165, 1.54) is 25.7 Å². The Hall–Kier alpha value is -0.0400. The average Bonchev–Trinajstić information content (AvgIpc) is 2.00. The van der Waals surface area contributed by atoms with Gasteiger partial charge in [0.2, 0.25) is 0 Å². The van der Waals surface area contributed by atoms with E-state index in [1.54, 1.807) is 0 Å². The first kappa shape index (κ1) is 12.0. The molecule has 0 aliphatic heterocycles. The highest BCUT2D eigenvalue weighted by molar-refractivity contribution is 4.81. The summed E-state index contributed by atoms with van der Waals surface area (Å²) in [4.78, 5) is 0. The van der Waals surface area contributed by atoms with Crippen molar-refractivity contribution in [3.63, 3.8) is 0 Å². The molecule has 1 saturated carbocycles. The fourth-order valence-corrected chi connectivity index (χ4v) is 1.59. The fourth-order valence-electron chi connectivity index (χ4n) is 1.59. The van der Waals surface area contributed by atoms with Crippen molar-refractivity contribution in [1.82, 2.24) is 0 Å². The van der Waals surface area contributed by atoms with Gasteiger partial charge in [0, 0.05) is 6.04 Å². The molecule has 0 unspecified atom stereocenters. The zero-order valence-corrected chi connectivity index (χ0v) is 9.14. The van der Waals surface area contributed by atoms with E-state index >= 15 is 0 Å². The third-order valence-electron chi connectivity index (χ3n) is 2.42. The van der Waals surface area contributed by atoms with Gasteiger partial charge in [0.05, 0.1) is 0 Å². The second-order valence-electron chi connectivity index (χ2n) is 4.07. The summed E-state index contributed by atoms with van der Waals surface area (Å²) in [6, 6.07) is 0.539. The van der Waals surface area contributed by atoms with E-state index in [1.807, 2.05) is 13.8 Å². The molecule has 1 fully saturated rings. The molecule has 1 nitrogen and oxygen atoms in total. The average molecular weight is 171 g/mol. The Morgan fingerprint density at radius 1 is 1.25 bits per heavy atom. The number of nitrogens with two attached hydrogens (primary N) is 1. The normalized spacial score (nSPS) is 27.5. The molecule has 0 atom stereocenters. The quantitative estimate of drug-likeness (QED) is 0.693. The van der Waals surface area contributed by atoms with Crippen molar-refractivity contribution >= 4 is 0 Å². The van der Waals surface area contributed by atoms with Crippen LogP contribution in [-0.2, 0) is 0 Å². The van der Waals surface area contributed by atoms with Crippen molar-refractivity contribution in [1.29, 1.82) is 0 Å². The van der Waals surface area contributed by atoms with E-state index in [0.717, 1.165) is 11.8 Å². The molecule has 1 heteroatoms. The molecule has 0 aromatic rings. The highest BCUT2D eigenvalue weighted by atomic mass is 14.7. The molecule has 0 spiro atoms. The van der Waals surface area contributed by atoms with Gasteiger partial charge in [-0.25, -0.2) is 0 Å². The third-order valence-corrected chi connectivity index (χ3v) is 2.42. The molecule has 2 N–H and O–H groups in total. The van der Waals surface area contributed by atoms with Gasteiger partial charge >= 0.3 is 0 Å². The summed E-state index contributed by atoms with van der Waals surface area (Å²) in [5.41, 5.74) is 5.68. The molecule has 1 aliphatic carbocycles. The molecule has 74 valence electrons. The highest BCUT2D eigenvalue weighted by Gasteiger charge is 2.24. The maximum atomic E-state index is 5.68. The van der Waals surface area contributed by atoms with Crippen LogP contribution in [0.15, 0.2) is 0 Å². The molecular weight excluding hydrogens is 146 g/mol. The van der Waals surface area contributed by atoms with Gasteiger partial charge in [-0.1, -0.05) is 40.5 Å². The lowest BCUT2D eigenvalue weighted by molar-refractivity contribution is 0.236. The Bertz CT molecular complexity index is 93.2. The summed E-state index contributed by atoms with van der Waals surface area (Å²) in [7, 11) is 0. The standard InChI is InChI=1S/C9H19N.C2H6/c1-7(2)3-4-8-5-9(10)6-8;1-2/h7-9H,3-6,10H2,1-2H3;1-2H3. The largest absolute Gasteiger partial charge is 0.328 e. The van der Waals surface area contributed by atoms with Crippen LogP contribution in [0.3, 0.4) is 0 Å². The monoisotopic (exact) mass is 171 g/mol. The van der Waals surface area contributed by atoms with Gasteiger partial charge in [-0.2, -0.15) is 0 Å². The van der Waals surface area contributed by atoms with Gasteiger partial charge in [-0.3, -0.25) is 0 Å². The fraction of sp³-hybridized carbons (Fsp3) is 1.00. The number of hydrogen-bond acceptors (Lipinski definition) is 1. The van der Waals surface area contributed by atoms with Crippen molar-refractivity contribution in [2.45, 2.75) is 59.4 Å². The molecule has 1 aliphatic rings. The van der Waals surface area contributed by atoms with Crippen LogP contribution in [-0.4, -0.2) is 6.04 Å². The lowest BCUT2D eigenvalue weighted by atomic mass is 9.77. The van der Waals surface area contributed by atoms with Gasteiger partial charge in [0.25, 0.3) is 0 Å². The molecule has 0 saturated heterocycles. The van der Waals surface area contributed by atoms with E-state index in [4.69, 9.17) is 5.73 Å². The SMILES string of the molecule is CC.CC(C)CCC1CC(N)C1. The highest BCUT2D eigenvalue weighted by Crippen LogP contribution is 2.30. The molecular formula is C11H25N. The van der Waals surface area contributed by atoms with Crippen molar-refractivity contribution in [3.8, 4) is 0 Å². The van der Waals surface area contributed by atoms with Crippen LogP contribution in [0.1, 0.15) is 53.4 Å². The molecule has 0 heterocycles. The second kappa shape index (κ2) is 6.47. The predicted octanol–water partition coefficient (Wildman–Crippen LogP) is 3.19. The summed E-state index contributed by atoms with van der Waals surface area (Å²) in [5, 5.41) is 0. The zero-order chi connectivity index (χ0) is 9.56. The molecule has 0 aromatic carbocycles. The van der Waals surface area contributed by atoms with Crippen LogP contribution in [0.4, 0.5) is 0 Å². The molecule has 1 rings (SSSR count).